The molecule has 0 saturated heterocycles. The molecule has 6 aromatic carbocycles. The lowest BCUT2D eigenvalue weighted by Crippen LogP contribution is -2.31. The lowest BCUT2D eigenvalue weighted by molar-refractivity contribution is 0.636. The quantitative estimate of drug-likeness (QED) is 0.185. The van der Waals surface area contributed by atoms with Gasteiger partial charge in [-0.3, -0.25) is 4.57 Å². The molecule has 0 spiro atoms. The van der Waals surface area contributed by atoms with E-state index in [1.165, 1.54) is 63.9 Å². The smallest absolute Gasteiger partial charge is 0.230 e. The second-order valence-electron chi connectivity index (χ2n) is 11.7. The van der Waals surface area contributed by atoms with Crippen LogP contribution < -0.4 is 0 Å². The van der Waals surface area contributed by atoms with Crippen molar-refractivity contribution in [3.8, 4) is 0 Å². The molecule has 0 N–H and O–H groups in total. The lowest BCUT2D eigenvalue weighted by atomic mass is 9.80. The number of aromatic nitrogens is 1. The van der Waals surface area contributed by atoms with Gasteiger partial charge >= 0.3 is 0 Å². The van der Waals surface area contributed by atoms with Gasteiger partial charge in [0.15, 0.2) is 0 Å². The van der Waals surface area contributed by atoms with Crippen molar-refractivity contribution in [3.63, 3.8) is 0 Å². The number of hydrogen-bond donors (Lipinski definition) is 0. The molecule has 3 heterocycles. The zero-order chi connectivity index (χ0) is 28.8. The maximum atomic E-state index is 5.54. The summed E-state index contributed by atoms with van der Waals surface area (Å²) in [4.78, 5) is 11.0. The molecule has 0 radical (unpaired) electrons. The minimum Gasteiger partial charge on any atom is -0.277 e. The van der Waals surface area contributed by atoms with E-state index in [2.05, 4.69) is 144 Å². The van der Waals surface area contributed by atoms with Crippen molar-refractivity contribution in [3.05, 3.63) is 150 Å². The van der Waals surface area contributed by atoms with E-state index in [0.717, 1.165) is 17.2 Å². The van der Waals surface area contributed by atoms with Crippen LogP contribution in [0.3, 0.4) is 0 Å². The van der Waals surface area contributed by atoms with E-state index in [9.17, 15) is 0 Å². The van der Waals surface area contributed by atoms with Crippen LogP contribution in [0.5, 0.6) is 0 Å². The van der Waals surface area contributed by atoms with E-state index >= 15 is 0 Å². The fourth-order valence-corrected chi connectivity index (χ4v) is 8.72. The Labute approximate surface area is 257 Å². The van der Waals surface area contributed by atoms with Gasteiger partial charge < -0.3 is 0 Å². The van der Waals surface area contributed by atoms with Crippen LogP contribution in [0.2, 0.25) is 0 Å². The Kier molecular flexibility index (Phi) is 4.99. The number of fused-ring (bicyclic) bond motifs is 13. The zero-order valence-corrected chi connectivity index (χ0v) is 24.5. The fraction of sp³-hybridized carbons (Fsp3) is 0.0500. The summed E-state index contributed by atoms with van der Waals surface area (Å²) in [6, 6.07) is 45.7. The summed E-state index contributed by atoms with van der Waals surface area (Å²) in [5.41, 5.74) is 6.99. The van der Waals surface area contributed by atoms with E-state index in [4.69, 9.17) is 9.98 Å². The van der Waals surface area contributed by atoms with Crippen LogP contribution in [0, 0.1) is 5.92 Å². The van der Waals surface area contributed by atoms with E-state index in [0.29, 0.717) is 0 Å². The number of thiophene rings is 1. The first-order valence-electron chi connectivity index (χ1n) is 15.1. The summed E-state index contributed by atoms with van der Waals surface area (Å²) >= 11 is 1.87. The van der Waals surface area contributed by atoms with Crippen LogP contribution in [0.1, 0.15) is 22.7 Å². The van der Waals surface area contributed by atoms with Gasteiger partial charge in [0.05, 0.1) is 27.5 Å². The van der Waals surface area contributed by atoms with Crippen LogP contribution in [0.25, 0.3) is 58.8 Å². The standard InChI is InChI=1S/C40H25N3S/c1-2-13-25(14-3-1)36-31-23-22-24-12-4-5-15-26(24)37(31)42-40(41-36)43-32-20-10-8-18-29(32)34-27-16-6-7-17-28(27)35-30-19-9-11-21-33(30)44-39(35)38(34)43/h1-23,31,36H. The molecule has 206 valence electrons. The predicted molar refractivity (Wildman–Crippen MR) is 187 cm³/mol. The summed E-state index contributed by atoms with van der Waals surface area (Å²) in [7, 11) is 0. The van der Waals surface area contributed by atoms with Crippen LogP contribution in [0.15, 0.2) is 143 Å². The predicted octanol–water partition coefficient (Wildman–Crippen LogP) is 10.4. The van der Waals surface area contributed by atoms with Crippen LogP contribution in [0.4, 0.5) is 0 Å². The van der Waals surface area contributed by atoms with Crippen LogP contribution in [-0.4, -0.2) is 16.2 Å². The molecule has 10 rings (SSSR count). The molecule has 44 heavy (non-hydrogen) atoms. The van der Waals surface area contributed by atoms with Crippen molar-refractivity contribution >= 4 is 81.8 Å². The van der Waals surface area contributed by atoms with Crippen LogP contribution in [-0.2, 0) is 0 Å². The highest BCUT2D eigenvalue weighted by atomic mass is 32.1. The summed E-state index contributed by atoms with van der Waals surface area (Å²) in [5.74, 6) is 0.810. The molecule has 0 fully saturated rings. The molecule has 8 aromatic rings. The Balaban J connectivity index is 1.39. The molecule has 2 aliphatic rings. The summed E-state index contributed by atoms with van der Waals surface area (Å²) in [5, 5.41) is 7.66. The van der Waals surface area contributed by atoms with E-state index in [1.54, 1.807) is 0 Å². The number of rotatable bonds is 1. The van der Waals surface area contributed by atoms with E-state index in [1.807, 2.05) is 11.3 Å². The number of benzene rings is 6. The van der Waals surface area contributed by atoms with Gasteiger partial charge in [-0.05, 0) is 34.0 Å². The number of aliphatic imine (C=N–C) groups is 2. The normalized spacial score (nSPS) is 17.7. The molecule has 1 aliphatic carbocycles. The number of para-hydroxylation sites is 1. The van der Waals surface area contributed by atoms with Crippen molar-refractivity contribution in [2.24, 2.45) is 15.9 Å². The molecule has 3 nitrogen and oxygen atoms in total. The van der Waals surface area contributed by atoms with Crippen molar-refractivity contribution in [1.82, 2.24) is 4.57 Å². The van der Waals surface area contributed by atoms with Gasteiger partial charge in [0.2, 0.25) is 5.96 Å². The topological polar surface area (TPSA) is 29.6 Å². The monoisotopic (exact) mass is 579 g/mol. The Morgan fingerprint density at radius 3 is 2.16 bits per heavy atom. The van der Waals surface area contributed by atoms with Crippen molar-refractivity contribution in [1.29, 1.82) is 0 Å². The molecular formula is C40H25N3S. The van der Waals surface area contributed by atoms with Gasteiger partial charge in [0.25, 0.3) is 0 Å². The third kappa shape index (κ3) is 3.26. The summed E-state index contributed by atoms with van der Waals surface area (Å²) in [6.07, 6.45) is 4.53. The van der Waals surface area contributed by atoms with Gasteiger partial charge in [-0.2, -0.15) is 0 Å². The largest absolute Gasteiger partial charge is 0.277 e. The molecule has 0 amide bonds. The zero-order valence-electron chi connectivity index (χ0n) is 23.7. The highest BCUT2D eigenvalue weighted by molar-refractivity contribution is 7.27. The highest BCUT2D eigenvalue weighted by Crippen LogP contribution is 2.47. The number of nitrogens with zero attached hydrogens (tertiary/aromatic N) is 3. The molecule has 1 aliphatic heterocycles. The van der Waals surface area contributed by atoms with Crippen molar-refractivity contribution in [2.75, 3.05) is 0 Å². The molecule has 2 unspecified atom stereocenters. The SMILES string of the molecule is C1=CC2C(=NC(n3c4ccccc4c4c5ccccc5c5c6ccccc6sc5c43)=NC2c2ccccc2)c2ccccc21. The van der Waals surface area contributed by atoms with Gasteiger partial charge in [0.1, 0.15) is 0 Å². The molecule has 0 bridgehead atoms. The maximum Gasteiger partial charge on any atom is 0.230 e. The third-order valence-electron chi connectivity index (χ3n) is 9.34. The highest BCUT2D eigenvalue weighted by Gasteiger charge is 2.35. The lowest BCUT2D eigenvalue weighted by Gasteiger charge is -2.31. The maximum absolute atomic E-state index is 5.54. The Morgan fingerprint density at radius 1 is 0.614 bits per heavy atom. The average Bonchev–Trinajstić information content (AvgIpc) is 3.65. The molecule has 2 aromatic heterocycles. The first-order valence-corrected chi connectivity index (χ1v) is 15.9. The Morgan fingerprint density at radius 2 is 1.30 bits per heavy atom. The van der Waals surface area contributed by atoms with Crippen molar-refractivity contribution < 1.29 is 0 Å². The second kappa shape index (κ2) is 9.09. The van der Waals surface area contributed by atoms with Gasteiger partial charge in [-0.25, -0.2) is 9.98 Å². The second-order valence-corrected chi connectivity index (χ2v) is 12.7. The molecule has 2 atom stereocenters. The molecule has 4 heteroatoms. The molecular weight excluding hydrogens is 555 g/mol. The first-order chi connectivity index (χ1) is 21.8. The number of hydrogen-bond acceptors (Lipinski definition) is 3. The first kappa shape index (κ1) is 24.2. The van der Waals surface area contributed by atoms with Crippen molar-refractivity contribution in [2.45, 2.75) is 6.04 Å². The van der Waals surface area contributed by atoms with Gasteiger partial charge in [-0.1, -0.05) is 127 Å². The van der Waals surface area contributed by atoms with Crippen LogP contribution >= 0.6 is 11.3 Å². The van der Waals surface area contributed by atoms with Gasteiger partial charge in [-0.15, -0.1) is 11.3 Å². The fourth-order valence-electron chi connectivity index (χ4n) is 7.46. The summed E-state index contributed by atoms with van der Waals surface area (Å²) in [6.45, 7) is 0. The summed E-state index contributed by atoms with van der Waals surface area (Å²) < 4.78 is 4.93. The minimum atomic E-state index is -0.0853. The van der Waals surface area contributed by atoms with Gasteiger partial charge in [0, 0.05) is 37.7 Å². The molecule has 0 saturated carbocycles. The Hall–Kier alpha value is -5.32. The average molecular weight is 580 g/mol. The van der Waals surface area contributed by atoms with E-state index in [-0.39, 0.29) is 12.0 Å². The van der Waals surface area contributed by atoms with E-state index < -0.39 is 0 Å². The minimum absolute atomic E-state index is 0.0642. The Bertz CT molecular complexity index is 2560. The third-order valence-corrected chi connectivity index (χ3v) is 10.5.